The van der Waals surface area contributed by atoms with Gasteiger partial charge >= 0.3 is 0 Å². The van der Waals surface area contributed by atoms with Gasteiger partial charge in [0.05, 0.1) is 17.2 Å². The van der Waals surface area contributed by atoms with Crippen molar-refractivity contribution in [1.29, 1.82) is 0 Å². The number of nitro groups is 1. The van der Waals surface area contributed by atoms with E-state index in [0.717, 1.165) is 22.4 Å². The summed E-state index contributed by atoms with van der Waals surface area (Å²) < 4.78 is 7.44. The Morgan fingerprint density at radius 3 is 2.57 bits per heavy atom. The monoisotopic (exact) mass is 486 g/mol. The predicted octanol–water partition coefficient (Wildman–Crippen LogP) is 4.92. The van der Waals surface area contributed by atoms with Gasteiger partial charge in [0, 0.05) is 35.3 Å². The summed E-state index contributed by atoms with van der Waals surface area (Å²) in [6.07, 6.45) is 1.87. The molecule has 0 aliphatic carbocycles. The highest BCUT2D eigenvalue weighted by Crippen LogP contribution is 2.25. The fraction of sp³-hybridized carbons (Fsp3) is 0.0833. The molecule has 2 aromatic heterocycles. The first kappa shape index (κ1) is 22.3. The van der Waals surface area contributed by atoms with Crippen molar-refractivity contribution in [2.75, 3.05) is 5.32 Å². The Kier molecular flexibility index (Phi) is 6.22. The van der Waals surface area contributed by atoms with E-state index in [0.29, 0.717) is 28.8 Å². The standard InChI is InChI=1S/C24H18N6O4S/c31-23(25-18-9-11-20(12-10-18)30(32)33)17-7-5-16(6-8-17)13-29-14-19(27-28-29)15-35-24-26-21-3-1-2-4-22(21)34-24/h1-12,14H,13,15H2,(H,25,31). The van der Waals surface area contributed by atoms with E-state index in [2.05, 4.69) is 20.6 Å². The van der Waals surface area contributed by atoms with E-state index in [1.807, 2.05) is 42.6 Å². The van der Waals surface area contributed by atoms with Crippen LogP contribution in [0.5, 0.6) is 0 Å². The molecule has 10 nitrogen and oxygen atoms in total. The van der Waals surface area contributed by atoms with E-state index in [4.69, 9.17) is 4.42 Å². The summed E-state index contributed by atoms with van der Waals surface area (Å²) in [6.45, 7) is 0.505. The number of rotatable bonds is 8. The number of aromatic nitrogens is 4. The van der Waals surface area contributed by atoms with Gasteiger partial charge in [-0.15, -0.1) is 5.10 Å². The number of oxazole rings is 1. The average molecular weight is 487 g/mol. The molecule has 3 aromatic carbocycles. The molecule has 174 valence electrons. The molecule has 0 unspecified atom stereocenters. The van der Waals surface area contributed by atoms with Gasteiger partial charge in [0.1, 0.15) is 5.52 Å². The Bertz CT molecular complexity index is 1460. The highest BCUT2D eigenvalue weighted by molar-refractivity contribution is 7.98. The summed E-state index contributed by atoms with van der Waals surface area (Å²) in [5.41, 5.74) is 4.26. The van der Waals surface area contributed by atoms with Gasteiger partial charge < -0.3 is 9.73 Å². The summed E-state index contributed by atoms with van der Waals surface area (Å²) in [5.74, 6) is 0.277. The zero-order valence-corrected chi connectivity index (χ0v) is 19.0. The molecule has 0 fully saturated rings. The summed E-state index contributed by atoms with van der Waals surface area (Å²) >= 11 is 1.46. The largest absolute Gasteiger partial charge is 0.431 e. The van der Waals surface area contributed by atoms with Crippen molar-refractivity contribution < 1.29 is 14.1 Å². The molecular weight excluding hydrogens is 468 g/mol. The minimum atomic E-state index is -0.487. The van der Waals surface area contributed by atoms with Gasteiger partial charge in [-0.1, -0.05) is 41.2 Å². The quantitative estimate of drug-likeness (QED) is 0.186. The van der Waals surface area contributed by atoms with Crippen LogP contribution in [0.2, 0.25) is 0 Å². The number of amides is 1. The number of hydrogen-bond acceptors (Lipinski definition) is 8. The molecule has 1 N–H and O–H groups in total. The number of fused-ring (bicyclic) bond motifs is 1. The van der Waals surface area contributed by atoms with E-state index in [1.165, 1.54) is 36.0 Å². The molecule has 0 atom stereocenters. The van der Waals surface area contributed by atoms with E-state index in [-0.39, 0.29) is 11.6 Å². The van der Waals surface area contributed by atoms with Crippen molar-refractivity contribution in [3.63, 3.8) is 0 Å². The van der Waals surface area contributed by atoms with Gasteiger partial charge in [-0.2, -0.15) is 0 Å². The van der Waals surface area contributed by atoms with Gasteiger partial charge in [0.15, 0.2) is 5.58 Å². The smallest absolute Gasteiger partial charge is 0.269 e. The fourth-order valence-electron chi connectivity index (χ4n) is 3.35. The lowest BCUT2D eigenvalue weighted by atomic mass is 10.1. The van der Waals surface area contributed by atoms with Crippen LogP contribution in [0.25, 0.3) is 11.1 Å². The third-order valence-corrected chi connectivity index (χ3v) is 5.96. The van der Waals surface area contributed by atoms with E-state index in [9.17, 15) is 14.9 Å². The van der Waals surface area contributed by atoms with Crippen LogP contribution in [0.4, 0.5) is 11.4 Å². The number of benzene rings is 3. The lowest BCUT2D eigenvalue weighted by Crippen LogP contribution is -2.12. The zero-order valence-electron chi connectivity index (χ0n) is 18.2. The molecule has 5 rings (SSSR count). The minimum Gasteiger partial charge on any atom is -0.431 e. The van der Waals surface area contributed by atoms with Crippen LogP contribution in [0.3, 0.4) is 0 Å². The number of non-ortho nitro benzene ring substituents is 1. The Morgan fingerprint density at radius 2 is 1.83 bits per heavy atom. The van der Waals surface area contributed by atoms with Crippen LogP contribution >= 0.6 is 11.8 Å². The average Bonchev–Trinajstić information content (AvgIpc) is 3.49. The van der Waals surface area contributed by atoms with Crippen LogP contribution in [-0.2, 0) is 12.3 Å². The maximum atomic E-state index is 12.5. The van der Waals surface area contributed by atoms with Crippen molar-refractivity contribution in [3.8, 4) is 0 Å². The molecule has 0 aliphatic rings. The Labute approximate surface area is 203 Å². The second-order valence-corrected chi connectivity index (χ2v) is 8.53. The van der Waals surface area contributed by atoms with Crippen LogP contribution in [-0.4, -0.2) is 30.8 Å². The van der Waals surface area contributed by atoms with Crippen molar-refractivity contribution in [1.82, 2.24) is 20.0 Å². The molecule has 11 heteroatoms. The van der Waals surface area contributed by atoms with Gasteiger partial charge in [0.2, 0.25) is 0 Å². The second-order valence-electron chi connectivity index (χ2n) is 7.60. The van der Waals surface area contributed by atoms with Crippen molar-refractivity contribution in [2.45, 2.75) is 17.5 Å². The number of nitro benzene ring substituents is 1. The molecule has 0 spiro atoms. The second kappa shape index (κ2) is 9.77. The van der Waals surface area contributed by atoms with Crippen LogP contribution in [0.15, 0.2) is 88.6 Å². The van der Waals surface area contributed by atoms with Gasteiger partial charge in [0.25, 0.3) is 16.8 Å². The van der Waals surface area contributed by atoms with Gasteiger partial charge in [-0.3, -0.25) is 14.9 Å². The van der Waals surface area contributed by atoms with Crippen molar-refractivity contribution in [2.24, 2.45) is 0 Å². The molecule has 35 heavy (non-hydrogen) atoms. The van der Waals surface area contributed by atoms with Crippen molar-refractivity contribution in [3.05, 3.63) is 106 Å². The number of nitrogens with zero attached hydrogens (tertiary/aromatic N) is 5. The lowest BCUT2D eigenvalue weighted by Gasteiger charge is -2.06. The number of carbonyl (C=O) groups excluding carboxylic acids is 1. The Hall–Kier alpha value is -4.51. The summed E-state index contributed by atoms with van der Waals surface area (Å²) in [4.78, 5) is 27.2. The summed E-state index contributed by atoms with van der Waals surface area (Å²) in [5, 5.41) is 22.4. The van der Waals surface area contributed by atoms with Gasteiger partial charge in [-0.05, 0) is 42.0 Å². The predicted molar refractivity (Wildman–Crippen MR) is 130 cm³/mol. The highest BCUT2D eigenvalue weighted by Gasteiger charge is 2.10. The maximum absolute atomic E-state index is 12.5. The van der Waals surface area contributed by atoms with Crippen molar-refractivity contribution >= 4 is 40.1 Å². The molecule has 0 saturated heterocycles. The first-order valence-electron chi connectivity index (χ1n) is 10.6. The molecule has 5 aromatic rings. The molecule has 0 radical (unpaired) electrons. The normalized spacial score (nSPS) is 11.0. The minimum absolute atomic E-state index is 0.0339. The molecule has 2 heterocycles. The Morgan fingerprint density at radius 1 is 1.06 bits per heavy atom. The van der Waals surface area contributed by atoms with Crippen LogP contribution < -0.4 is 5.32 Å². The summed E-state index contributed by atoms with van der Waals surface area (Å²) in [7, 11) is 0. The number of thioether (sulfide) groups is 1. The molecule has 0 aliphatic heterocycles. The SMILES string of the molecule is O=C(Nc1ccc([N+](=O)[O-])cc1)c1ccc(Cn2cc(CSc3nc4ccccc4o3)nn2)cc1. The number of anilines is 1. The maximum Gasteiger partial charge on any atom is 0.269 e. The first-order valence-corrected chi connectivity index (χ1v) is 11.5. The molecule has 0 bridgehead atoms. The topological polar surface area (TPSA) is 129 Å². The number of carbonyl (C=O) groups is 1. The van der Waals surface area contributed by atoms with Gasteiger partial charge in [-0.25, -0.2) is 9.67 Å². The third kappa shape index (κ3) is 5.36. The fourth-order valence-corrected chi connectivity index (χ4v) is 4.06. The van der Waals surface area contributed by atoms with E-state index < -0.39 is 4.92 Å². The number of hydrogen-bond donors (Lipinski definition) is 1. The highest BCUT2D eigenvalue weighted by atomic mass is 32.2. The first-order chi connectivity index (χ1) is 17.0. The summed E-state index contributed by atoms with van der Waals surface area (Å²) in [6, 6.07) is 20.4. The van der Waals surface area contributed by atoms with Crippen LogP contribution in [0.1, 0.15) is 21.6 Å². The third-order valence-electron chi connectivity index (χ3n) is 5.10. The number of para-hydroxylation sites is 2. The molecule has 0 saturated carbocycles. The lowest BCUT2D eigenvalue weighted by molar-refractivity contribution is -0.384. The van der Waals surface area contributed by atoms with E-state index in [1.54, 1.807) is 16.8 Å². The molecule has 1 amide bonds. The molecular formula is C24H18N6O4S. The van der Waals surface area contributed by atoms with E-state index >= 15 is 0 Å². The zero-order chi connectivity index (χ0) is 24.2. The number of nitrogens with one attached hydrogen (secondary N) is 1. The van der Waals surface area contributed by atoms with Crippen LogP contribution in [0, 0.1) is 10.1 Å². The Balaban J connectivity index is 1.16.